The molecule has 0 saturated heterocycles. The van der Waals surface area contributed by atoms with E-state index in [0.29, 0.717) is 25.4 Å². The van der Waals surface area contributed by atoms with Crippen LogP contribution in [-0.4, -0.2) is 73.4 Å². The van der Waals surface area contributed by atoms with Crippen LogP contribution < -0.4 is 9.47 Å². The maximum Gasteiger partial charge on any atom is 0.227 e. The fourth-order valence-corrected chi connectivity index (χ4v) is 4.85. The number of amides is 1. The fourth-order valence-electron chi connectivity index (χ4n) is 4.85. The van der Waals surface area contributed by atoms with Crippen molar-refractivity contribution in [1.82, 2.24) is 9.80 Å². The summed E-state index contributed by atoms with van der Waals surface area (Å²) >= 11 is 0. The Kier molecular flexibility index (Phi) is 7.97. The van der Waals surface area contributed by atoms with Gasteiger partial charge in [0.15, 0.2) is 23.0 Å². The van der Waals surface area contributed by atoms with Gasteiger partial charge in [0.2, 0.25) is 5.91 Å². The molecule has 2 aromatic carbocycles. The van der Waals surface area contributed by atoms with Crippen molar-refractivity contribution in [3.63, 3.8) is 0 Å². The van der Waals surface area contributed by atoms with E-state index in [1.54, 1.807) is 20.3 Å². The highest BCUT2D eigenvalue weighted by atomic mass is 35.5. The third kappa shape index (κ3) is 5.31. The van der Waals surface area contributed by atoms with Crippen molar-refractivity contribution >= 4 is 18.3 Å². The summed E-state index contributed by atoms with van der Waals surface area (Å²) in [4.78, 5) is 16.9. The smallest absolute Gasteiger partial charge is 0.227 e. The Morgan fingerprint density at radius 2 is 1.70 bits per heavy atom. The minimum atomic E-state index is -0.166. The number of methoxy groups -OCH3 is 2. The van der Waals surface area contributed by atoms with Gasteiger partial charge in [0.1, 0.15) is 0 Å². The van der Waals surface area contributed by atoms with E-state index in [-0.39, 0.29) is 36.2 Å². The van der Waals surface area contributed by atoms with E-state index in [9.17, 15) is 15.0 Å². The second kappa shape index (κ2) is 10.5. The number of hydrogen-bond acceptors (Lipinski definition) is 6. The largest absolute Gasteiger partial charge is 0.504 e. The Bertz CT molecular complexity index is 1010. The second-order valence-corrected chi connectivity index (χ2v) is 8.84. The zero-order valence-corrected chi connectivity index (χ0v) is 20.3. The van der Waals surface area contributed by atoms with Gasteiger partial charge in [0.25, 0.3) is 0 Å². The maximum atomic E-state index is 12.7. The molecule has 0 unspecified atom stereocenters. The van der Waals surface area contributed by atoms with E-state index in [4.69, 9.17) is 9.47 Å². The molecule has 2 aliphatic rings. The predicted octanol–water partition coefficient (Wildman–Crippen LogP) is 3.13. The summed E-state index contributed by atoms with van der Waals surface area (Å²) in [6.07, 6.45) is 2.90. The predicted molar refractivity (Wildman–Crippen MR) is 129 cm³/mol. The monoisotopic (exact) mass is 476 g/mol. The van der Waals surface area contributed by atoms with Crippen LogP contribution in [0.5, 0.6) is 23.0 Å². The summed E-state index contributed by atoms with van der Waals surface area (Å²) < 4.78 is 10.8. The van der Waals surface area contributed by atoms with Crippen LogP contribution in [0.15, 0.2) is 24.3 Å². The molecule has 2 N–H and O–H groups in total. The molecule has 7 nitrogen and oxygen atoms in total. The number of aromatic hydroxyl groups is 2. The van der Waals surface area contributed by atoms with Crippen molar-refractivity contribution in [2.75, 3.05) is 47.4 Å². The standard InChI is InChI=1S/C25H32N2O5.ClH/c1-26(15-19-9-18-12-23(31-2)24(32-3)14-20(18)19)6-4-7-27-8-5-16-10-21(28)22(29)11-17(16)13-25(27)30;/h10-12,14,19,28-29H,4-9,13,15H2,1-3H3;1H/t19-;/m0./s1. The van der Waals surface area contributed by atoms with Crippen LogP contribution in [0.3, 0.4) is 0 Å². The topological polar surface area (TPSA) is 82.5 Å². The van der Waals surface area contributed by atoms with Crippen molar-refractivity contribution < 1.29 is 24.5 Å². The van der Waals surface area contributed by atoms with Gasteiger partial charge in [-0.15, -0.1) is 12.4 Å². The van der Waals surface area contributed by atoms with Crippen LogP contribution in [0, 0.1) is 0 Å². The minimum absolute atomic E-state index is 0. The first-order valence-electron chi connectivity index (χ1n) is 11.1. The van der Waals surface area contributed by atoms with Gasteiger partial charge in [-0.1, -0.05) is 0 Å². The lowest BCUT2D eigenvalue weighted by molar-refractivity contribution is -0.130. The minimum Gasteiger partial charge on any atom is -0.504 e. The zero-order valence-electron chi connectivity index (χ0n) is 19.5. The van der Waals surface area contributed by atoms with E-state index < -0.39 is 0 Å². The summed E-state index contributed by atoms with van der Waals surface area (Å²) in [5.74, 6) is 1.84. The van der Waals surface area contributed by atoms with Crippen molar-refractivity contribution in [2.45, 2.75) is 31.6 Å². The SMILES string of the molecule is COc1cc2c(cc1OC)[C@H](CN(C)CCCN1CCc3cc(O)c(O)cc3CC1=O)C2.Cl. The first-order valence-corrected chi connectivity index (χ1v) is 11.1. The molecule has 1 amide bonds. The highest BCUT2D eigenvalue weighted by Crippen LogP contribution is 2.42. The van der Waals surface area contributed by atoms with Gasteiger partial charge < -0.3 is 29.5 Å². The molecule has 0 aromatic heterocycles. The van der Waals surface area contributed by atoms with Gasteiger partial charge in [-0.25, -0.2) is 0 Å². The average molecular weight is 477 g/mol. The van der Waals surface area contributed by atoms with Crippen LogP contribution in [0.1, 0.15) is 34.6 Å². The van der Waals surface area contributed by atoms with E-state index in [1.807, 2.05) is 4.90 Å². The van der Waals surface area contributed by atoms with Crippen LogP contribution in [-0.2, 0) is 24.1 Å². The molecule has 0 bridgehead atoms. The third-order valence-electron chi connectivity index (χ3n) is 6.69. The van der Waals surface area contributed by atoms with E-state index >= 15 is 0 Å². The van der Waals surface area contributed by atoms with Gasteiger partial charge in [-0.3, -0.25) is 4.79 Å². The highest BCUT2D eigenvalue weighted by molar-refractivity contribution is 5.85. The summed E-state index contributed by atoms with van der Waals surface area (Å²) in [5.41, 5.74) is 4.40. The normalized spacial score (nSPS) is 16.9. The van der Waals surface area contributed by atoms with E-state index in [2.05, 4.69) is 24.1 Å². The molecule has 33 heavy (non-hydrogen) atoms. The van der Waals surface area contributed by atoms with Crippen LogP contribution in [0.2, 0.25) is 0 Å². The number of phenolic OH excluding ortho intramolecular Hbond substituents is 2. The number of nitrogens with zero attached hydrogens (tertiary/aromatic N) is 2. The number of benzene rings is 2. The first-order chi connectivity index (χ1) is 15.4. The Hall–Kier alpha value is -2.64. The molecule has 180 valence electrons. The number of halogens is 1. The van der Waals surface area contributed by atoms with Crippen LogP contribution >= 0.6 is 12.4 Å². The summed E-state index contributed by atoms with van der Waals surface area (Å²) in [6.45, 7) is 3.23. The maximum absolute atomic E-state index is 12.7. The van der Waals surface area contributed by atoms with Crippen molar-refractivity contribution in [3.8, 4) is 23.0 Å². The number of likely N-dealkylation sites (N-methyl/N-ethyl adjacent to an activating group) is 1. The Morgan fingerprint density at radius 1 is 1.03 bits per heavy atom. The quantitative estimate of drug-likeness (QED) is 0.570. The summed E-state index contributed by atoms with van der Waals surface area (Å²) in [6, 6.07) is 7.27. The molecule has 0 radical (unpaired) electrons. The lowest BCUT2D eigenvalue weighted by atomic mass is 9.77. The molecule has 1 heterocycles. The first kappa shape index (κ1) is 25.0. The van der Waals surface area contributed by atoms with Gasteiger partial charge in [0.05, 0.1) is 20.6 Å². The number of ether oxygens (including phenoxy) is 2. The van der Waals surface area contributed by atoms with Gasteiger partial charge in [-0.05, 0) is 79.4 Å². The number of carbonyl (C=O) groups is 1. The molecule has 1 aliphatic heterocycles. The van der Waals surface area contributed by atoms with Crippen molar-refractivity contribution in [3.05, 3.63) is 46.5 Å². The zero-order chi connectivity index (χ0) is 22.8. The molecular weight excluding hydrogens is 444 g/mol. The third-order valence-corrected chi connectivity index (χ3v) is 6.69. The number of carbonyl (C=O) groups excluding carboxylic acids is 1. The summed E-state index contributed by atoms with van der Waals surface area (Å²) in [7, 11) is 5.46. The van der Waals surface area contributed by atoms with Gasteiger partial charge in [-0.2, -0.15) is 0 Å². The molecule has 0 spiro atoms. The molecular formula is C25H33ClN2O5. The van der Waals surface area contributed by atoms with Crippen LogP contribution in [0.4, 0.5) is 0 Å². The number of phenols is 2. The highest BCUT2D eigenvalue weighted by Gasteiger charge is 2.29. The number of rotatable bonds is 8. The van der Waals surface area contributed by atoms with Gasteiger partial charge in [0, 0.05) is 25.6 Å². The van der Waals surface area contributed by atoms with E-state index in [1.165, 1.54) is 17.2 Å². The van der Waals surface area contributed by atoms with Crippen molar-refractivity contribution in [2.24, 2.45) is 0 Å². The fraction of sp³-hybridized carbons (Fsp3) is 0.480. The average Bonchev–Trinajstić information content (AvgIpc) is 2.90. The molecule has 4 rings (SSSR count). The number of hydrogen-bond donors (Lipinski definition) is 2. The Morgan fingerprint density at radius 3 is 2.39 bits per heavy atom. The molecule has 0 saturated carbocycles. The van der Waals surface area contributed by atoms with Crippen LogP contribution in [0.25, 0.3) is 0 Å². The number of fused-ring (bicyclic) bond motifs is 2. The molecule has 1 aliphatic carbocycles. The van der Waals surface area contributed by atoms with Gasteiger partial charge >= 0.3 is 0 Å². The van der Waals surface area contributed by atoms with Crippen molar-refractivity contribution in [1.29, 1.82) is 0 Å². The summed E-state index contributed by atoms with van der Waals surface area (Å²) in [5, 5.41) is 19.5. The molecule has 8 heteroatoms. The lowest BCUT2D eigenvalue weighted by Gasteiger charge is -2.34. The molecule has 2 aromatic rings. The van der Waals surface area contributed by atoms with E-state index in [0.717, 1.165) is 48.6 Å². The Balaban J connectivity index is 0.00000306. The Labute approximate surface area is 201 Å². The second-order valence-electron chi connectivity index (χ2n) is 8.84. The molecule has 1 atom stereocenters. The molecule has 0 fully saturated rings. The lowest BCUT2D eigenvalue weighted by Crippen LogP contribution is -2.36.